The van der Waals surface area contributed by atoms with Crippen molar-refractivity contribution in [1.82, 2.24) is 40.0 Å². The molecule has 10 nitrogen and oxygen atoms in total. The first-order valence-corrected chi connectivity index (χ1v) is 9.96. The van der Waals surface area contributed by atoms with Gasteiger partial charge in [0.2, 0.25) is 5.88 Å². The first-order chi connectivity index (χ1) is 15.6. The molecular formula is C20H19F2N9O. The van der Waals surface area contributed by atoms with Gasteiger partial charge in [-0.2, -0.15) is 0 Å². The highest BCUT2D eigenvalue weighted by atomic mass is 19.3. The third-order valence-electron chi connectivity index (χ3n) is 5.29. The highest BCUT2D eigenvalue weighted by molar-refractivity contribution is 5.39. The Morgan fingerprint density at radius 1 is 1.00 bits per heavy atom. The van der Waals surface area contributed by atoms with Gasteiger partial charge in [0.1, 0.15) is 18.6 Å². The molecule has 12 heteroatoms. The maximum atomic E-state index is 12.8. The van der Waals surface area contributed by atoms with Crippen LogP contribution in [0.1, 0.15) is 29.2 Å². The average Bonchev–Trinajstić information content (AvgIpc) is 3.44. The number of aryl methyl sites for hydroxylation is 1. The molecule has 164 valence electrons. The zero-order chi connectivity index (χ0) is 22.1. The quantitative estimate of drug-likeness (QED) is 0.452. The lowest BCUT2D eigenvalue weighted by Crippen LogP contribution is -2.34. The van der Waals surface area contributed by atoms with E-state index in [0.717, 1.165) is 24.7 Å². The number of hydrogen-bond acceptors (Lipinski definition) is 8. The Bertz CT molecular complexity index is 1200. The molecule has 0 saturated heterocycles. The number of aromatic nitrogens is 8. The fourth-order valence-electron chi connectivity index (χ4n) is 3.47. The molecule has 4 aromatic rings. The van der Waals surface area contributed by atoms with Crippen molar-refractivity contribution in [1.29, 1.82) is 0 Å². The lowest BCUT2D eigenvalue weighted by Gasteiger charge is -2.27. The molecule has 0 atom stereocenters. The minimum Gasteiger partial charge on any atom is -0.470 e. The van der Waals surface area contributed by atoms with Crippen LogP contribution in [0.15, 0.2) is 42.7 Å². The molecule has 1 aromatic carbocycles. The first-order valence-electron chi connectivity index (χ1n) is 9.96. The van der Waals surface area contributed by atoms with E-state index in [0.29, 0.717) is 29.5 Å². The molecule has 0 fully saturated rings. The van der Waals surface area contributed by atoms with Gasteiger partial charge in [-0.3, -0.25) is 0 Å². The molecule has 0 bridgehead atoms. The van der Waals surface area contributed by atoms with Crippen molar-refractivity contribution < 1.29 is 13.5 Å². The number of benzene rings is 1. The number of hydrogen-bond donors (Lipinski definition) is 0. The van der Waals surface area contributed by atoms with Crippen molar-refractivity contribution in [3.05, 3.63) is 65.5 Å². The van der Waals surface area contributed by atoms with Gasteiger partial charge in [-0.1, -0.05) is 17.3 Å². The summed E-state index contributed by atoms with van der Waals surface area (Å²) in [5.74, 6) is 1.97. The summed E-state index contributed by atoms with van der Waals surface area (Å²) in [5.41, 5.74) is 1.93. The van der Waals surface area contributed by atoms with E-state index < -0.39 is 6.43 Å². The fourth-order valence-corrected chi connectivity index (χ4v) is 3.47. The Hall–Kier alpha value is -3.96. The van der Waals surface area contributed by atoms with Gasteiger partial charge in [-0.25, -0.2) is 13.5 Å². The molecule has 5 rings (SSSR count). The average molecular weight is 439 g/mol. The lowest BCUT2D eigenvalue weighted by molar-refractivity contribution is 0.151. The van der Waals surface area contributed by atoms with Crippen LogP contribution in [0.3, 0.4) is 0 Å². The second-order valence-corrected chi connectivity index (χ2v) is 7.31. The molecule has 0 N–H and O–H groups in total. The molecule has 0 saturated carbocycles. The largest absolute Gasteiger partial charge is 0.470 e. The van der Waals surface area contributed by atoms with Crippen LogP contribution in [0.5, 0.6) is 5.88 Å². The van der Waals surface area contributed by atoms with Gasteiger partial charge in [0, 0.05) is 24.7 Å². The SMILES string of the molecule is Cc1nnn(-c2ccc(C(F)F)cc2)c1COc1ccc(N2CCn3cnnc3C2)nn1. The molecule has 32 heavy (non-hydrogen) atoms. The summed E-state index contributed by atoms with van der Waals surface area (Å²) >= 11 is 0. The van der Waals surface area contributed by atoms with Gasteiger partial charge >= 0.3 is 0 Å². The first kappa shape index (κ1) is 20.0. The zero-order valence-corrected chi connectivity index (χ0v) is 17.1. The Balaban J connectivity index is 1.27. The monoisotopic (exact) mass is 439 g/mol. The number of fused-ring (bicyclic) bond motifs is 1. The topological polar surface area (TPSA) is 99.7 Å². The Kier molecular flexibility index (Phi) is 5.17. The summed E-state index contributed by atoms with van der Waals surface area (Å²) < 4.78 is 35.0. The van der Waals surface area contributed by atoms with Crippen LogP contribution in [-0.4, -0.2) is 46.5 Å². The number of halogens is 2. The summed E-state index contributed by atoms with van der Waals surface area (Å²) in [5, 5.41) is 24.7. The van der Waals surface area contributed by atoms with Gasteiger partial charge in [0.05, 0.1) is 17.9 Å². The van der Waals surface area contributed by atoms with Crippen molar-refractivity contribution >= 4 is 5.82 Å². The Morgan fingerprint density at radius 3 is 2.59 bits per heavy atom. The maximum Gasteiger partial charge on any atom is 0.263 e. The minimum atomic E-state index is -2.52. The van der Waals surface area contributed by atoms with Crippen LogP contribution in [0.2, 0.25) is 0 Å². The molecule has 4 heterocycles. The van der Waals surface area contributed by atoms with Gasteiger partial charge < -0.3 is 14.2 Å². The fraction of sp³-hybridized carbons (Fsp3) is 0.300. The molecular weight excluding hydrogens is 420 g/mol. The van der Waals surface area contributed by atoms with Gasteiger partial charge in [-0.15, -0.1) is 25.5 Å². The van der Waals surface area contributed by atoms with E-state index >= 15 is 0 Å². The van der Waals surface area contributed by atoms with Crippen LogP contribution in [0, 0.1) is 6.92 Å². The van der Waals surface area contributed by atoms with Crippen LogP contribution in [-0.2, 0) is 19.7 Å². The zero-order valence-electron chi connectivity index (χ0n) is 17.1. The number of nitrogens with zero attached hydrogens (tertiary/aromatic N) is 9. The predicted molar refractivity (Wildman–Crippen MR) is 108 cm³/mol. The number of alkyl halides is 2. The molecule has 0 unspecified atom stereocenters. The summed E-state index contributed by atoms with van der Waals surface area (Å²) in [7, 11) is 0. The number of ether oxygens (including phenoxy) is 1. The molecule has 0 spiro atoms. The third-order valence-corrected chi connectivity index (χ3v) is 5.29. The Morgan fingerprint density at radius 2 is 1.84 bits per heavy atom. The van der Waals surface area contributed by atoms with Crippen LogP contribution in [0.25, 0.3) is 5.69 Å². The molecule has 1 aliphatic rings. The molecule has 0 radical (unpaired) electrons. The molecule has 0 amide bonds. The smallest absolute Gasteiger partial charge is 0.263 e. The van der Waals surface area contributed by atoms with Crippen molar-refractivity contribution in [2.45, 2.75) is 33.0 Å². The van der Waals surface area contributed by atoms with E-state index in [1.807, 2.05) is 10.6 Å². The van der Waals surface area contributed by atoms with Gasteiger partial charge in [0.25, 0.3) is 6.43 Å². The standard InChI is InChI=1S/C20H19F2N9O/c1-13-16(31(28-24-13)15-4-2-14(3-5-15)20(21)22)11-32-19-7-6-17(26-27-19)29-8-9-30-12-23-25-18(30)10-29/h2-7,12,20H,8-11H2,1H3. The van der Waals surface area contributed by atoms with Gasteiger partial charge in [0.15, 0.2) is 11.6 Å². The van der Waals surface area contributed by atoms with E-state index in [4.69, 9.17) is 4.74 Å². The van der Waals surface area contributed by atoms with Crippen molar-refractivity contribution in [2.24, 2.45) is 0 Å². The lowest BCUT2D eigenvalue weighted by atomic mass is 10.2. The van der Waals surface area contributed by atoms with E-state index in [2.05, 4.69) is 35.6 Å². The van der Waals surface area contributed by atoms with Crippen molar-refractivity contribution in [3.8, 4) is 11.6 Å². The van der Waals surface area contributed by atoms with Crippen LogP contribution >= 0.6 is 0 Å². The number of anilines is 1. The summed E-state index contributed by atoms with van der Waals surface area (Å²) in [6.07, 6.45) is -0.793. The van der Waals surface area contributed by atoms with E-state index in [1.165, 1.54) is 12.1 Å². The van der Waals surface area contributed by atoms with E-state index in [1.54, 1.807) is 36.1 Å². The highest BCUT2D eigenvalue weighted by Gasteiger charge is 2.19. The molecule has 1 aliphatic heterocycles. The predicted octanol–water partition coefficient (Wildman–Crippen LogP) is 2.49. The summed E-state index contributed by atoms with van der Waals surface area (Å²) in [6, 6.07) is 9.49. The second-order valence-electron chi connectivity index (χ2n) is 7.31. The Labute approximate surface area is 181 Å². The molecule has 0 aliphatic carbocycles. The van der Waals surface area contributed by atoms with Crippen molar-refractivity contribution in [3.63, 3.8) is 0 Å². The summed E-state index contributed by atoms with van der Waals surface area (Å²) in [4.78, 5) is 2.08. The second kappa shape index (κ2) is 8.29. The van der Waals surface area contributed by atoms with Crippen LogP contribution in [0.4, 0.5) is 14.6 Å². The number of rotatable bonds is 6. The van der Waals surface area contributed by atoms with E-state index in [9.17, 15) is 8.78 Å². The molecule has 3 aromatic heterocycles. The van der Waals surface area contributed by atoms with Gasteiger partial charge in [-0.05, 0) is 25.1 Å². The van der Waals surface area contributed by atoms with Crippen molar-refractivity contribution in [2.75, 3.05) is 11.4 Å². The van der Waals surface area contributed by atoms with Crippen LogP contribution < -0.4 is 9.64 Å². The normalized spacial score (nSPS) is 13.4. The maximum absolute atomic E-state index is 12.8. The van der Waals surface area contributed by atoms with E-state index in [-0.39, 0.29) is 12.2 Å². The summed E-state index contributed by atoms with van der Waals surface area (Å²) in [6.45, 7) is 4.14. The highest BCUT2D eigenvalue weighted by Crippen LogP contribution is 2.22. The third kappa shape index (κ3) is 3.86. The minimum absolute atomic E-state index is 0.0484.